The number of benzene rings is 2. The van der Waals surface area contributed by atoms with Gasteiger partial charge in [0.15, 0.2) is 11.5 Å². The summed E-state index contributed by atoms with van der Waals surface area (Å²) in [6.45, 7) is 8.64. The Balaban J connectivity index is 2.27. The SMILES string of the molecule is CCOc1cc(C(=O)N/N=C(\C)c2ccc(C#N)cc2)cc(OCC)c1OCC. The fourth-order valence-corrected chi connectivity index (χ4v) is 2.57. The lowest BCUT2D eigenvalue weighted by molar-refractivity contribution is 0.0953. The second-order valence-electron chi connectivity index (χ2n) is 5.93. The van der Waals surface area contributed by atoms with E-state index in [9.17, 15) is 4.79 Å². The van der Waals surface area contributed by atoms with Gasteiger partial charge in [-0.15, -0.1) is 0 Å². The summed E-state index contributed by atoms with van der Waals surface area (Å²) in [5.74, 6) is 0.962. The Labute approximate surface area is 170 Å². The zero-order valence-electron chi connectivity index (χ0n) is 17.1. The van der Waals surface area contributed by atoms with Crippen LogP contribution in [0.2, 0.25) is 0 Å². The van der Waals surface area contributed by atoms with Crippen LogP contribution in [0.4, 0.5) is 0 Å². The molecule has 2 aromatic rings. The molecule has 0 unspecified atom stereocenters. The van der Waals surface area contributed by atoms with E-state index in [1.807, 2.05) is 20.8 Å². The standard InChI is InChI=1S/C22H25N3O4/c1-5-27-19-12-18(13-20(28-6-2)21(19)29-7-3)22(26)25-24-15(4)17-10-8-16(14-23)9-11-17/h8-13H,5-7H2,1-4H3,(H,25,26)/b24-15+. The number of nitrogens with one attached hydrogen (secondary N) is 1. The topological polar surface area (TPSA) is 92.9 Å². The summed E-state index contributed by atoms with van der Waals surface area (Å²) < 4.78 is 16.9. The number of nitriles is 1. The first kappa shape index (κ1) is 21.8. The zero-order valence-corrected chi connectivity index (χ0v) is 17.1. The van der Waals surface area contributed by atoms with Gasteiger partial charge in [0.2, 0.25) is 5.75 Å². The monoisotopic (exact) mass is 395 g/mol. The van der Waals surface area contributed by atoms with E-state index in [0.717, 1.165) is 5.56 Å². The molecule has 152 valence electrons. The van der Waals surface area contributed by atoms with E-state index in [1.54, 1.807) is 43.3 Å². The molecule has 7 heteroatoms. The van der Waals surface area contributed by atoms with Gasteiger partial charge in [-0.3, -0.25) is 4.79 Å². The van der Waals surface area contributed by atoms with Crippen molar-refractivity contribution in [2.45, 2.75) is 27.7 Å². The van der Waals surface area contributed by atoms with Crippen LogP contribution in [-0.4, -0.2) is 31.4 Å². The summed E-state index contributed by atoms with van der Waals surface area (Å²) in [5, 5.41) is 13.0. The van der Waals surface area contributed by atoms with E-state index in [-0.39, 0.29) is 0 Å². The van der Waals surface area contributed by atoms with E-state index < -0.39 is 5.91 Å². The first-order chi connectivity index (χ1) is 14.0. The molecule has 29 heavy (non-hydrogen) atoms. The maximum absolute atomic E-state index is 12.6. The zero-order chi connectivity index (χ0) is 21.2. The molecule has 0 aliphatic heterocycles. The molecule has 0 atom stereocenters. The molecule has 0 bridgehead atoms. The highest BCUT2D eigenvalue weighted by atomic mass is 16.5. The first-order valence-corrected chi connectivity index (χ1v) is 9.45. The van der Waals surface area contributed by atoms with Crippen LogP contribution in [-0.2, 0) is 0 Å². The quantitative estimate of drug-likeness (QED) is 0.513. The molecule has 2 aromatic carbocycles. The molecule has 0 aromatic heterocycles. The molecule has 0 spiro atoms. The van der Waals surface area contributed by atoms with Crippen molar-refractivity contribution in [3.63, 3.8) is 0 Å². The molecule has 0 fully saturated rings. The van der Waals surface area contributed by atoms with Crippen LogP contribution in [0, 0.1) is 11.3 Å². The lowest BCUT2D eigenvalue weighted by atomic mass is 10.1. The van der Waals surface area contributed by atoms with Crippen molar-refractivity contribution in [2.75, 3.05) is 19.8 Å². The molecule has 2 rings (SSSR count). The molecule has 0 saturated carbocycles. The molecule has 0 saturated heterocycles. The molecular formula is C22H25N3O4. The first-order valence-electron chi connectivity index (χ1n) is 9.45. The number of ether oxygens (including phenoxy) is 3. The fraction of sp³-hybridized carbons (Fsp3) is 0.318. The summed E-state index contributed by atoms with van der Waals surface area (Å²) in [6.07, 6.45) is 0. The average molecular weight is 395 g/mol. The van der Waals surface area contributed by atoms with Crippen LogP contribution in [0.1, 0.15) is 49.2 Å². The Morgan fingerprint density at radius 2 is 1.52 bits per heavy atom. The van der Waals surface area contributed by atoms with Crippen molar-refractivity contribution in [3.05, 3.63) is 53.1 Å². The van der Waals surface area contributed by atoms with Crippen LogP contribution in [0.25, 0.3) is 0 Å². The van der Waals surface area contributed by atoms with Crippen molar-refractivity contribution in [1.29, 1.82) is 5.26 Å². The minimum atomic E-state index is -0.400. The van der Waals surface area contributed by atoms with E-state index in [1.165, 1.54) is 0 Å². The van der Waals surface area contributed by atoms with Crippen molar-refractivity contribution in [3.8, 4) is 23.3 Å². The van der Waals surface area contributed by atoms with Gasteiger partial charge >= 0.3 is 0 Å². The van der Waals surface area contributed by atoms with Crippen LogP contribution in [0.5, 0.6) is 17.2 Å². The third-order valence-corrected chi connectivity index (χ3v) is 3.93. The predicted molar refractivity (Wildman–Crippen MR) is 111 cm³/mol. The lowest BCUT2D eigenvalue weighted by Crippen LogP contribution is -2.20. The summed E-state index contributed by atoms with van der Waals surface area (Å²) >= 11 is 0. The fourth-order valence-electron chi connectivity index (χ4n) is 2.57. The molecule has 0 aliphatic rings. The number of nitrogens with zero attached hydrogens (tertiary/aromatic N) is 2. The molecule has 0 aliphatic carbocycles. The minimum absolute atomic E-state index is 0.344. The highest BCUT2D eigenvalue weighted by molar-refractivity contribution is 6.01. The average Bonchev–Trinajstić information content (AvgIpc) is 2.74. The van der Waals surface area contributed by atoms with Gasteiger partial charge in [-0.25, -0.2) is 5.43 Å². The van der Waals surface area contributed by atoms with E-state index in [2.05, 4.69) is 16.6 Å². The largest absolute Gasteiger partial charge is 0.490 e. The predicted octanol–water partition coefficient (Wildman–Crippen LogP) is 3.91. The molecule has 0 heterocycles. The molecule has 7 nitrogen and oxygen atoms in total. The van der Waals surface area contributed by atoms with Crippen molar-refractivity contribution in [1.82, 2.24) is 5.43 Å². The number of hydrazone groups is 1. The third kappa shape index (κ3) is 5.72. The van der Waals surface area contributed by atoms with Crippen LogP contribution < -0.4 is 19.6 Å². The second kappa shape index (κ2) is 10.7. The van der Waals surface area contributed by atoms with Gasteiger partial charge in [0, 0.05) is 5.56 Å². The van der Waals surface area contributed by atoms with Gasteiger partial charge < -0.3 is 14.2 Å². The van der Waals surface area contributed by atoms with Gasteiger partial charge in [-0.2, -0.15) is 10.4 Å². The normalized spacial score (nSPS) is 10.8. The Hall–Kier alpha value is -3.53. The highest BCUT2D eigenvalue weighted by Crippen LogP contribution is 2.39. The maximum Gasteiger partial charge on any atom is 0.271 e. The van der Waals surface area contributed by atoms with Gasteiger partial charge in [0.25, 0.3) is 5.91 Å². The molecular weight excluding hydrogens is 370 g/mol. The van der Waals surface area contributed by atoms with Gasteiger partial charge in [0.1, 0.15) is 0 Å². The molecule has 0 radical (unpaired) electrons. The second-order valence-corrected chi connectivity index (χ2v) is 5.93. The lowest BCUT2D eigenvalue weighted by Gasteiger charge is -2.16. The van der Waals surface area contributed by atoms with Gasteiger partial charge in [0.05, 0.1) is 37.2 Å². The number of carbonyl (C=O) groups is 1. The number of hydrogen-bond donors (Lipinski definition) is 1. The summed E-state index contributed by atoms with van der Waals surface area (Å²) in [6, 6.07) is 12.2. The summed E-state index contributed by atoms with van der Waals surface area (Å²) in [5.41, 5.74) is 4.88. The van der Waals surface area contributed by atoms with Crippen molar-refractivity contribution < 1.29 is 19.0 Å². The molecule has 1 amide bonds. The number of hydrogen-bond acceptors (Lipinski definition) is 6. The Kier molecular flexibility index (Phi) is 8.04. The number of rotatable bonds is 9. The highest BCUT2D eigenvalue weighted by Gasteiger charge is 2.18. The van der Waals surface area contributed by atoms with E-state index in [0.29, 0.717) is 53.9 Å². The number of amides is 1. The van der Waals surface area contributed by atoms with E-state index >= 15 is 0 Å². The van der Waals surface area contributed by atoms with Crippen LogP contribution in [0.15, 0.2) is 41.5 Å². The van der Waals surface area contributed by atoms with Gasteiger partial charge in [-0.05, 0) is 57.5 Å². The van der Waals surface area contributed by atoms with Crippen molar-refractivity contribution >= 4 is 11.6 Å². The smallest absolute Gasteiger partial charge is 0.271 e. The van der Waals surface area contributed by atoms with E-state index in [4.69, 9.17) is 19.5 Å². The number of carbonyl (C=O) groups excluding carboxylic acids is 1. The van der Waals surface area contributed by atoms with Crippen LogP contribution >= 0.6 is 0 Å². The Bertz CT molecular complexity index is 888. The summed E-state index contributed by atoms with van der Waals surface area (Å²) in [7, 11) is 0. The molecule has 1 N–H and O–H groups in total. The van der Waals surface area contributed by atoms with Crippen molar-refractivity contribution in [2.24, 2.45) is 5.10 Å². The van der Waals surface area contributed by atoms with Crippen LogP contribution in [0.3, 0.4) is 0 Å². The summed E-state index contributed by atoms with van der Waals surface area (Å²) in [4.78, 5) is 12.6. The minimum Gasteiger partial charge on any atom is -0.490 e. The maximum atomic E-state index is 12.6. The Morgan fingerprint density at radius 1 is 0.966 bits per heavy atom. The Morgan fingerprint density at radius 3 is 2.00 bits per heavy atom. The third-order valence-electron chi connectivity index (χ3n) is 3.93. The van der Waals surface area contributed by atoms with Gasteiger partial charge in [-0.1, -0.05) is 12.1 Å².